The lowest BCUT2D eigenvalue weighted by atomic mass is 9.94. The highest BCUT2D eigenvalue weighted by Crippen LogP contribution is 2.20. The first-order valence-electron chi connectivity index (χ1n) is 8.41. The largest absolute Gasteiger partial charge is 0.396 e. The molecule has 0 saturated heterocycles. The van der Waals surface area contributed by atoms with Gasteiger partial charge in [0.1, 0.15) is 0 Å². The van der Waals surface area contributed by atoms with Crippen molar-refractivity contribution in [1.29, 1.82) is 0 Å². The van der Waals surface area contributed by atoms with Gasteiger partial charge in [-0.15, -0.1) is 0 Å². The number of hydrogen-bond donors (Lipinski definition) is 2. The van der Waals surface area contributed by atoms with Crippen LogP contribution in [0.2, 0.25) is 0 Å². The summed E-state index contributed by atoms with van der Waals surface area (Å²) < 4.78 is 2.06. The summed E-state index contributed by atoms with van der Waals surface area (Å²) in [6.45, 7) is 5.16. The maximum atomic E-state index is 12.3. The van der Waals surface area contributed by atoms with Crippen molar-refractivity contribution in [3.05, 3.63) is 36.0 Å². The Morgan fingerprint density at radius 1 is 1.30 bits per heavy atom. The zero-order valence-electron chi connectivity index (χ0n) is 14.4. The number of aryl methyl sites for hydroxylation is 1. The molecular formula is C19H28N2O2. The Morgan fingerprint density at radius 2 is 2.04 bits per heavy atom. The molecule has 0 spiro atoms. The van der Waals surface area contributed by atoms with Gasteiger partial charge in [0, 0.05) is 37.3 Å². The normalized spacial score (nSPS) is 12.7. The predicted octanol–water partition coefficient (Wildman–Crippen LogP) is 2.88. The van der Waals surface area contributed by atoms with E-state index in [-0.39, 0.29) is 12.5 Å². The second-order valence-corrected chi connectivity index (χ2v) is 6.77. The summed E-state index contributed by atoms with van der Waals surface area (Å²) in [5, 5.41) is 13.3. The fourth-order valence-corrected chi connectivity index (χ4v) is 3.21. The molecule has 0 aliphatic rings. The number of amides is 1. The molecule has 1 heterocycles. The van der Waals surface area contributed by atoms with Crippen LogP contribution in [0.25, 0.3) is 10.9 Å². The third-order valence-electron chi connectivity index (χ3n) is 4.26. The average molecular weight is 316 g/mol. The van der Waals surface area contributed by atoms with Crippen LogP contribution in [0.4, 0.5) is 0 Å². The van der Waals surface area contributed by atoms with Gasteiger partial charge in [0.05, 0.1) is 6.42 Å². The van der Waals surface area contributed by atoms with Crippen LogP contribution in [0, 0.1) is 11.8 Å². The number of nitrogens with one attached hydrogen (secondary N) is 1. The van der Waals surface area contributed by atoms with Crippen LogP contribution in [0.3, 0.4) is 0 Å². The molecule has 0 fully saturated rings. The Balaban J connectivity index is 1.95. The molecule has 1 unspecified atom stereocenters. The fourth-order valence-electron chi connectivity index (χ4n) is 3.21. The highest BCUT2D eigenvalue weighted by atomic mass is 16.3. The van der Waals surface area contributed by atoms with E-state index in [1.807, 2.05) is 25.4 Å². The van der Waals surface area contributed by atoms with Crippen molar-refractivity contribution in [2.24, 2.45) is 18.9 Å². The number of fused-ring (bicyclic) bond motifs is 1. The molecule has 1 aromatic carbocycles. The Bertz CT molecular complexity index is 646. The summed E-state index contributed by atoms with van der Waals surface area (Å²) in [5.41, 5.74) is 2.21. The van der Waals surface area contributed by atoms with Crippen LogP contribution in [-0.4, -0.2) is 28.7 Å². The molecule has 0 radical (unpaired) electrons. The van der Waals surface area contributed by atoms with E-state index in [1.54, 1.807) is 0 Å². The lowest BCUT2D eigenvalue weighted by Gasteiger charge is -2.18. The number of carbonyl (C=O) groups excluding carboxylic acids is 1. The lowest BCUT2D eigenvalue weighted by molar-refractivity contribution is -0.120. The minimum Gasteiger partial charge on any atom is -0.396 e. The van der Waals surface area contributed by atoms with Crippen LogP contribution in [0.15, 0.2) is 30.5 Å². The topological polar surface area (TPSA) is 54.3 Å². The first kappa shape index (κ1) is 17.5. The molecule has 2 rings (SSSR count). The second-order valence-electron chi connectivity index (χ2n) is 6.77. The third-order valence-corrected chi connectivity index (χ3v) is 4.26. The van der Waals surface area contributed by atoms with Crippen LogP contribution in [0.1, 0.15) is 32.3 Å². The Kier molecular flexibility index (Phi) is 6.22. The first-order valence-corrected chi connectivity index (χ1v) is 8.41. The number of nitrogens with zero attached hydrogens (tertiary/aromatic N) is 1. The molecule has 0 aliphatic carbocycles. The van der Waals surface area contributed by atoms with Crippen molar-refractivity contribution >= 4 is 16.8 Å². The van der Waals surface area contributed by atoms with E-state index < -0.39 is 0 Å². The van der Waals surface area contributed by atoms with Gasteiger partial charge in [-0.3, -0.25) is 4.79 Å². The second kappa shape index (κ2) is 8.16. The molecule has 23 heavy (non-hydrogen) atoms. The van der Waals surface area contributed by atoms with Gasteiger partial charge < -0.3 is 15.0 Å². The number of aliphatic hydroxyl groups is 1. The minimum atomic E-state index is 0.0491. The van der Waals surface area contributed by atoms with Gasteiger partial charge in [-0.05, 0) is 36.3 Å². The van der Waals surface area contributed by atoms with Gasteiger partial charge in [-0.1, -0.05) is 32.0 Å². The monoisotopic (exact) mass is 316 g/mol. The van der Waals surface area contributed by atoms with Gasteiger partial charge in [0.25, 0.3) is 0 Å². The smallest absolute Gasteiger partial charge is 0.224 e. The van der Waals surface area contributed by atoms with Crippen LogP contribution >= 0.6 is 0 Å². The molecule has 126 valence electrons. The number of para-hydroxylation sites is 1. The van der Waals surface area contributed by atoms with Gasteiger partial charge in [0.15, 0.2) is 0 Å². The predicted molar refractivity (Wildman–Crippen MR) is 94.3 cm³/mol. The van der Waals surface area contributed by atoms with Crippen molar-refractivity contribution in [2.45, 2.75) is 33.1 Å². The van der Waals surface area contributed by atoms with E-state index in [1.165, 1.54) is 0 Å². The SMILES string of the molecule is CC(C)CC(CCO)CNC(=O)Cc1cn(C)c2ccccc12. The summed E-state index contributed by atoms with van der Waals surface area (Å²) in [4.78, 5) is 12.3. The van der Waals surface area contributed by atoms with Crippen molar-refractivity contribution in [3.63, 3.8) is 0 Å². The van der Waals surface area contributed by atoms with Gasteiger partial charge in [-0.25, -0.2) is 0 Å². The number of carbonyl (C=O) groups is 1. The fraction of sp³-hybridized carbons (Fsp3) is 0.526. The molecule has 0 bridgehead atoms. The van der Waals surface area contributed by atoms with E-state index in [0.29, 0.717) is 24.8 Å². The third kappa shape index (κ3) is 4.83. The van der Waals surface area contributed by atoms with E-state index in [0.717, 1.165) is 29.3 Å². The van der Waals surface area contributed by atoms with Crippen LogP contribution in [-0.2, 0) is 18.3 Å². The number of hydrogen-bond acceptors (Lipinski definition) is 2. The van der Waals surface area contributed by atoms with Gasteiger partial charge in [-0.2, -0.15) is 0 Å². The molecule has 4 nitrogen and oxygen atoms in total. The standard InChI is InChI=1S/C19H28N2O2/c1-14(2)10-15(8-9-22)12-20-19(23)11-16-13-21(3)18-7-5-4-6-17(16)18/h4-7,13-15,22H,8-12H2,1-3H3,(H,20,23). The number of aromatic nitrogens is 1. The molecule has 1 aromatic heterocycles. The highest BCUT2D eigenvalue weighted by Gasteiger charge is 2.14. The number of benzene rings is 1. The number of rotatable bonds is 8. The lowest BCUT2D eigenvalue weighted by Crippen LogP contribution is -2.31. The maximum absolute atomic E-state index is 12.3. The van der Waals surface area contributed by atoms with Crippen molar-refractivity contribution < 1.29 is 9.90 Å². The molecule has 2 aromatic rings. The van der Waals surface area contributed by atoms with Gasteiger partial charge in [0.2, 0.25) is 5.91 Å². The zero-order chi connectivity index (χ0) is 16.8. The van der Waals surface area contributed by atoms with E-state index >= 15 is 0 Å². The highest BCUT2D eigenvalue weighted by molar-refractivity contribution is 5.89. The summed E-state index contributed by atoms with van der Waals surface area (Å²) >= 11 is 0. The molecule has 0 aliphatic heterocycles. The van der Waals surface area contributed by atoms with E-state index in [2.05, 4.69) is 35.9 Å². The Hall–Kier alpha value is -1.81. The minimum absolute atomic E-state index is 0.0491. The van der Waals surface area contributed by atoms with Crippen molar-refractivity contribution in [1.82, 2.24) is 9.88 Å². The first-order chi connectivity index (χ1) is 11.0. The summed E-state index contributed by atoms with van der Waals surface area (Å²) in [7, 11) is 2.00. The van der Waals surface area contributed by atoms with E-state index in [9.17, 15) is 4.79 Å². The zero-order valence-corrected chi connectivity index (χ0v) is 14.4. The summed E-state index contributed by atoms with van der Waals surface area (Å²) in [5.74, 6) is 0.964. The maximum Gasteiger partial charge on any atom is 0.224 e. The Labute approximate surface area is 138 Å². The average Bonchev–Trinajstić information content (AvgIpc) is 2.81. The van der Waals surface area contributed by atoms with Crippen molar-refractivity contribution in [2.75, 3.05) is 13.2 Å². The van der Waals surface area contributed by atoms with Crippen LogP contribution in [0.5, 0.6) is 0 Å². The summed E-state index contributed by atoms with van der Waals surface area (Å²) in [6, 6.07) is 8.14. The molecule has 0 saturated carbocycles. The van der Waals surface area contributed by atoms with Crippen molar-refractivity contribution in [3.8, 4) is 0 Å². The molecule has 1 atom stereocenters. The molecular weight excluding hydrogens is 288 g/mol. The molecule has 2 N–H and O–H groups in total. The number of aliphatic hydroxyl groups excluding tert-OH is 1. The summed E-state index contributed by atoms with van der Waals surface area (Å²) in [6.07, 6.45) is 4.19. The molecule has 1 amide bonds. The Morgan fingerprint density at radius 3 is 2.74 bits per heavy atom. The quantitative estimate of drug-likeness (QED) is 0.787. The van der Waals surface area contributed by atoms with Crippen LogP contribution < -0.4 is 5.32 Å². The van der Waals surface area contributed by atoms with E-state index in [4.69, 9.17) is 5.11 Å². The van der Waals surface area contributed by atoms with Gasteiger partial charge >= 0.3 is 0 Å². The molecule has 4 heteroatoms.